The smallest absolute Gasteiger partial charge is 0.170 e. The van der Waals surface area contributed by atoms with Crippen molar-refractivity contribution < 1.29 is 13.2 Å². The maximum atomic E-state index is 13.6. The molecule has 0 aromatic heterocycles. The first-order chi connectivity index (χ1) is 15.0. The van der Waals surface area contributed by atoms with Crippen LogP contribution in [-0.4, -0.2) is 6.18 Å². The molecule has 0 radical (unpaired) electrons. The molecule has 160 valence electrons. The SMILES string of the molecule is CC=CCCc1ccc(C=Cc2ccc(C[C@H](c3ccccc3)C(F)(F)F)cc2)cc1. The predicted molar refractivity (Wildman–Crippen MR) is 124 cm³/mol. The summed E-state index contributed by atoms with van der Waals surface area (Å²) in [5, 5.41) is 0. The third-order valence-electron chi connectivity index (χ3n) is 5.30. The zero-order valence-corrected chi connectivity index (χ0v) is 17.6. The van der Waals surface area contributed by atoms with Crippen molar-refractivity contribution in [3.63, 3.8) is 0 Å². The molecule has 31 heavy (non-hydrogen) atoms. The third kappa shape index (κ3) is 6.99. The van der Waals surface area contributed by atoms with Gasteiger partial charge in [-0.1, -0.05) is 103 Å². The van der Waals surface area contributed by atoms with Gasteiger partial charge in [0.15, 0.2) is 0 Å². The molecule has 0 saturated heterocycles. The highest BCUT2D eigenvalue weighted by atomic mass is 19.4. The number of aryl methyl sites for hydroxylation is 1. The van der Waals surface area contributed by atoms with Crippen LogP contribution in [0, 0.1) is 0 Å². The highest BCUT2D eigenvalue weighted by molar-refractivity contribution is 5.69. The second kappa shape index (κ2) is 10.8. The van der Waals surface area contributed by atoms with Crippen molar-refractivity contribution in [2.24, 2.45) is 0 Å². The average Bonchev–Trinajstić information content (AvgIpc) is 2.78. The lowest BCUT2D eigenvalue weighted by Gasteiger charge is -2.21. The minimum absolute atomic E-state index is 0.0633. The molecule has 0 spiro atoms. The summed E-state index contributed by atoms with van der Waals surface area (Å²) in [4.78, 5) is 0. The van der Waals surface area contributed by atoms with Crippen LogP contribution in [0.25, 0.3) is 12.2 Å². The van der Waals surface area contributed by atoms with E-state index in [1.54, 1.807) is 42.5 Å². The van der Waals surface area contributed by atoms with Crippen LogP contribution in [0.2, 0.25) is 0 Å². The predicted octanol–water partition coefficient (Wildman–Crippen LogP) is 8.25. The van der Waals surface area contributed by atoms with Gasteiger partial charge in [0.1, 0.15) is 0 Å². The van der Waals surface area contributed by atoms with E-state index < -0.39 is 12.1 Å². The van der Waals surface area contributed by atoms with Crippen LogP contribution in [0.4, 0.5) is 13.2 Å². The van der Waals surface area contributed by atoms with E-state index in [2.05, 4.69) is 36.4 Å². The summed E-state index contributed by atoms with van der Waals surface area (Å²) in [5.74, 6) is -1.50. The van der Waals surface area contributed by atoms with Crippen molar-refractivity contribution in [3.05, 3.63) is 119 Å². The fourth-order valence-corrected chi connectivity index (χ4v) is 3.51. The van der Waals surface area contributed by atoms with Crippen LogP contribution in [0.5, 0.6) is 0 Å². The lowest BCUT2D eigenvalue weighted by molar-refractivity contribution is -0.150. The first-order valence-corrected chi connectivity index (χ1v) is 10.5. The van der Waals surface area contributed by atoms with Crippen LogP contribution in [0.1, 0.15) is 47.1 Å². The number of halogens is 3. The normalized spacial score (nSPS) is 13.2. The van der Waals surface area contributed by atoms with E-state index in [1.165, 1.54) is 5.56 Å². The molecule has 1 atom stereocenters. The Kier molecular flexibility index (Phi) is 7.88. The van der Waals surface area contributed by atoms with E-state index in [0.29, 0.717) is 11.1 Å². The summed E-state index contributed by atoms with van der Waals surface area (Å²) in [6.07, 6.45) is 5.95. The Morgan fingerprint density at radius 1 is 0.742 bits per heavy atom. The summed E-state index contributed by atoms with van der Waals surface area (Å²) in [7, 11) is 0. The molecule has 0 aliphatic carbocycles. The molecule has 0 bridgehead atoms. The molecule has 0 N–H and O–H groups in total. The number of rotatable bonds is 8. The molecule has 3 aromatic rings. The lowest BCUT2D eigenvalue weighted by Crippen LogP contribution is -2.22. The second-order valence-corrected chi connectivity index (χ2v) is 7.63. The maximum Gasteiger partial charge on any atom is 0.396 e. The number of allylic oxidation sites excluding steroid dienone is 2. The van der Waals surface area contributed by atoms with E-state index in [-0.39, 0.29) is 6.42 Å². The number of hydrogen-bond acceptors (Lipinski definition) is 0. The third-order valence-corrected chi connectivity index (χ3v) is 5.30. The Labute approximate surface area is 182 Å². The van der Waals surface area contributed by atoms with Gasteiger partial charge in [0, 0.05) is 0 Å². The van der Waals surface area contributed by atoms with Crippen molar-refractivity contribution in [2.45, 2.75) is 38.3 Å². The summed E-state index contributed by atoms with van der Waals surface area (Å²) >= 11 is 0. The molecule has 3 rings (SSSR count). The topological polar surface area (TPSA) is 0 Å². The molecule has 3 aromatic carbocycles. The Hall–Kier alpha value is -3.07. The number of hydrogen-bond donors (Lipinski definition) is 0. The van der Waals surface area contributed by atoms with Gasteiger partial charge in [-0.05, 0) is 54.0 Å². The van der Waals surface area contributed by atoms with Crippen molar-refractivity contribution in [1.82, 2.24) is 0 Å². The zero-order chi connectivity index (χ0) is 22.1. The fourth-order valence-electron chi connectivity index (χ4n) is 3.51. The van der Waals surface area contributed by atoms with Crippen molar-refractivity contribution in [1.29, 1.82) is 0 Å². The minimum Gasteiger partial charge on any atom is -0.170 e. The lowest BCUT2D eigenvalue weighted by atomic mass is 9.91. The molecular formula is C28H27F3. The molecule has 0 saturated carbocycles. The van der Waals surface area contributed by atoms with Crippen molar-refractivity contribution in [2.75, 3.05) is 0 Å². The molecule has 3 heteroatoms. The maximum absolute atomic E-state index is 13.6. The Balaban J connectivity index is 1.64. The second-order valence-electron chi connectivity index (χ2n) is 7.63. The van der Waals surface area contributed by atoms with E-state index in [0.717, 1.165) is 24.0 Å². The largest absolute Gasteiger partial charge is 0.396 e. The van der Waals surface area contributed by atoms with Crippen LogP contribution < -0.4 is 0 Å². The summed E-state index contributed by atoms with van der Waals surface area (Å²) in [6, 6.07) is 23.9. The van der Waals surface area contributed by atoms with Gasteiger partial charge in [-0.3, -0.25) is 0 Å². The molecule has 0 fully saturated rings. The number of benzene rings is 3. The van der Waals surface area contributed by atoms with Crippen molar-refractivity contribution in [3.8, 4) is 0 Å². The molecule has 0 unspecified atom stereocenters. The number of alkyl halides is 3. The summed E-state index contributed by atoms with van der Waals surface area (Å²) in [5.41, 5.74) is 4.34. The summed E-state index contributed by atoms with van der Waals surface area (Å²) < 4.78 is 40.7. The first kappa shape index (κ1) is 22.6. The first-order valence-electron chi connectivity index (χ1n) is 10.5. The highest BCUT2D eigenvalue weighted by Gasteiger charge is 2.40. The molecule has 0 heterocycles. The van der Waals surface area contributed by atoms with Gasteiger partial charge >= 0.3 is 6.18 Å². The average molecular weight is 421 g/mol. The molecule has 0 nitrogen and oxygen atoms in total. The van der Waals surface area contributed by atoms with Crippen LogP contribution in [0.3, 0.4) is 0 Å². The highest BCUT2D eigenvalue weighted by Crippen LogP contribution is 2.37. The van der Waals surface area contributed by atoms with Gasteiger partial charge in [-0.15, -0.1) is 0 Å². The van der Waals surface area contributed by atoms with E-state index >= 15 is 0 Å². The Morgan fingerprint density at radius 2 is 1.29 bits per heavy atom. The standard InChI is InChI=1S/C28H27F3/c1-2-3-5-8-22-11-13-23(14-12-22)15-16-24-17-19-25(20-18-24)21-27(28(29,30)31)26-9-6-4-7-10-26/h2-4,6-7,9-20,27H,5,8,21H2,1H3/t27-/m1/s1. The van der Waals surface area contributed by atoms with Crippen LogP contribution in [-0.2, 0) is 12.8 Å². The quantitative estimate of drug-likeness (QED) is 0.254. The van der Waals surface area contributed by atoms with Gasteiger partial charge in [-0.25, -0.2) is 0 Å². The molecule has 0 amide bonds. The zero-order valence-electron chi connectivity index (χ0n) is 17.6. The Morgan fingerprint density at radius 3 is 1.81 bits per heavy atom. The van der Waals surface area contributed by atoms with Gasteiger partial charge < -0.3 is 0 Å². The summed E-state index contributed by atoms with van der Waals surface area (Å²) in [6.45, 7) is 2.03. The molecule has 0 aliphatic heterocycles. The van der Waals surface area contributed by atoms with Gasteiger partial charge in [0.25, 0.3) is 0 Å². The molecule has 0 aliphatic rings. The van der Waals surface area contributed by atoms with E-state index in [1.807, 2.05) is 31.2 Å². The minimum atomic E-state index is -4.28. The van der Waals surface area contributed by atoms with E-state index in [9.17, 15) is 13.2 Å². The Bertz CT molecular complexity index is 979. The van der Waals surface area contributed by atoms with Crippen LogP contribution >= 0.6 is 0 Å². The van der Waals surface area contributed by atoms with Crippen LogP contribution in [0.15, 0.2) is 91.0 Å². The van der Waals surface area contributed by atoms with Gasteiger partial charge in [-0.2, -0.15) is 13.2 Å². The van der Waals surface area contributed by atoms with E-state index in [4.69, 9.17) is 0 Å². The van der Waals surface area contributed by atoms with Crippen molar-refractivity contribution >= 4 is 12.2 Å². The van der Waals surface area contributed by atoms with Gasteiger partial charge in [0.05, 0.1) is 5.92 Å². The van der Waals surface area contributed by atoms with Gasteiger partial charge in [0.2, 0.25) is 0 Å². The monoisotopic (exact) mass is 420 g/mol. The molecular weight excluding hydrogens is 393 g/mol. The fraction of sp³-hybridized carbons (Fsp3) is 0.214.